The van der Waals surface area contributed by atoms with Crippen molar-refractivity contribution in [3.63, 3.8) is 0 Å². The first-order chi connectivity index (χ1) is 11.6. The van der Waals surface area contributed by atoms with E-state index in [1.54, 1.807) is 32.9 Å². The van der Waals surface area contributed by atoms with E-state index in [2.05, 4.69) is 6.92 Å². The molecule has 5 nitrogen and oxygen atoms in total. The molecule has 5 heteroatoms. The maximum Gasteiger partial charge on any atom is 0.339 e. The molecule has 3 aliphatic rings. The molecule has 0 aromatic carbocycles. The van der Waals surface area contributed by atoms with Gasteiger partial charge in [-0.2, -0.15) is 0 Å². The zero-order valence-corrected chi connectivity index (χ0v) is 15.5. The highest BCUT2D eigenvalue weighted by Crippen LogP contribution is 2.58. The van der Waals surface area contributed by atoms with E-state index < -0.39 is 23.1 Å². The molecule has 1 saturated carbocycles. The Hall–Kier alpha value is -1.88. The Balaban J connectivity index is 2.04. The summed E-state index contributed by atoms with van der Waals surface area (Å²) in [5, 5.41) is 11.6. The van der Waals surface area contributed by atoms with Crippen molar-refractivity contribution >= 4 is 11.9 Å². The number of ether oxygens (including phenoxy) is 2. The Morgan fingerprint density at radius 3 is 2.76 bits per heavy atom. The number of allylic oxidation sites excluding steroid dienone is 2. The molecule has 1 aliphatic heterocycles. The topological polar surface area (TPSA) is 72.8 Å². The van der Waals surface area contributed by atoms with Gasteiger partial charge < -0.3 is 14.6 Å². The highest BCUT2D eigenvalue weighted by molar-refractivity contribution is 5.94. The van der Waals surface area contributed by atoms with Crippen LogP contribution in [0, 0.1) is 11.3 Å². The first-order valence-electron chi connectivity index (χ1n) is 8.85. The van der Waals surface area contributed by atoms with E-state index in [4.69, 9.17) is 9.47 Å². The summed E-state index contributed by atoms with van der Waals surface area (Å²) in [5.74, 6) is -0.153. The molecule has 0 saturated heterocycles. The van der Waals surface area contributed by atoms with Crippen LogP contribution in [0.1, 0.15) is 53.9 Å². The molecule has 0 aromatic rings. The van der Waals surface area contributed by atoms with Crippen molar-refractivity contribution in [1.29, 1.82) is 0 Å². The summed E-state index contributed by atoms with van der Waals surface area (Å²) in [5.41, 5.74) is 0.0778. The van der Waals surface area contributed by atoms with Crippen molar-refractivity contribution in [1.82, 2.24) is 0 Å². The lowest BCUT2D eigenvalue weighted by molar-refractivity contribution is -0.195. The number of hydrogen-bond donors (Lipinski definition) is 1. The van der Waals surface area contributed by atoms with Gasteiger partial charge in [-0.1, -0.05) is 19.9 Å². The first-order valence-corrected chi connectivity index (χ1v) is 8.85. The van der Waals surface area contributed by atoms with E-state index >= 15 is 0 Å². The minimum absolute atomic E-state index is 0.212. The van der Waals surface area contributed by atoms with Gasteiger partial charge in [0.2, 0.25) is 0 Å². The van der Waals surface area contributed by atoms with Crippen molar-refractivity contribution in [3.05, 3.63) is 34.6 Å². The number of carbonyl (C=O) groups excluding carboxylic acids is 2. The molecule has 0 amide bonds. The van der Waals surface area contributed by atoms with Gasteiger partial charge in [-0.3, -0.25) is 0 Å². The zero-order chi connectivity index (χ0) is 18.6. The molecule has 1 fully saturated rings. The van der Waals surface area contributed by atoms with Crippen LogP contribution in [0.3, 0.4) is 0 Å². The van der Waals surface area contributed by atoms with Crippen LogP contribution in [-0.2, 0) is 19.1 Å². The number of esters is 2. The molecular weight excluding hydrogens is 320 g/mol. The molecule has 0 unspecified atom stereocenters. The molecule has 0 aromatic heterocycles. The Morgan fingerprint density at radius 1 is 1.44 bits per heavy atom. The highest BCUT2D eigenvalue weighted by Gasteiger charge is 2.61. The lowest BCUT2D eigenvalue weighted by Gasteiger charge is -2.56. The summed E-state index contributed by atoms with van der Waals surface area (Å²) < 4.78 is 11.0. The molecule has 0 bridgehead atoms. The second kappa shape index (κ2) is 5.84. The molecular formula is C20H26O5. The predicted octanol–water partition coefficient (Wildman–Crippen LogP) is 3.19. The van der Waals surface area contributed by atoms with Crippen molar-refractivity contribution in [2.24, 2.45) is 11.3 Å². The Kier molecular flexibility index (Phi) is 4.18. The number of fused-ring (bicyclic) bond motifs is 2. The van der Waals surface area contributed by atoms with E-state index in [1.807, 2.05) is 6.92 Å². The van der Waals surface area contributed by atoms with Crippen LogP contribution < -0.4 is 0 Å². The van der Waals surface area contributed by atoms with Crippen LogP contribution in [0.4, 0.5) is 0 Å². The number of carbonyl (C=O) groups is 2. The first kappa shape index (κ1) is 17.9. The number of aliphatic hydroxyl groups is 1. The largest absolute Gasteiger partial charge is 0.456 e. The normalized spacial score (nSPS) is 37.9. The average Bonchev–Trinajstić information content (AvgIpc) is 2.83. The third kappa shape index (κ3) is 2.48. The van der Waals surface area contributed by atoms with Crippen LogP contribution in [0.2, 0.25) is 0 Å². The number of hydrogen-bond acceptors (Lipinski definition) is 5. The fourth-order valence-electron chi connectivity index (χ4n) is 4.21. The van der Waals surface area contributed by atoms with Crippen LogP contribution in [0.15, 0.2) is 34.6 Å². The average molecular weight is 346 g/mol. The van der Waals surface area contributed by atoms with E-state index in [9.17, 15) is 14.7 Å². The van der Waals surface area contributed by atoms with Gasteiger partial charge in [0.15, 0.2) is 0 Å². The molecule has 0 radical (unpaired) electrons. The molecule has 1 heterocycles. The summed E-state index contributed by atoms with van der Waals surface area (Å²) in [6.45, 7) is 9.34. The summed E-state index contributed by atoms with van der Waals surface area (Å²) in [7, 11) is 0. The Labute approximate surface area is 148 Å². The van der Waals surface area contributed by atoms with Crippen LogP contribution >= 0.6 is 0 Å². The van der Waals surface area contributed by atoms with E-state index in [0.717, 1.165) is 12.0 Å². The molecule has 3 rings (SSSR count). The van der Waals surface area contributed by atoms with Gasteiger partial charge in [0.25, 0.3) is 0 Å². The monoisotopic (exact) mass is 346 g/mol. The van der Waals surface area contributed by atoms with Gasteiger partial charge in [-0.05, 0) is 52.0 Å². The zero-order valence-electron chi connectivity index (χ0n) is 15.5. The van der Waals surface area contributed by atoms with E-state index in [1.165, 1.54) is 0 Å². The van der Waals surface area contributed by atoms with Gasteiger partial charge in [-0.25, -0.2) is 9.59 Å². The van der Waals surface area contributed by atoms with Gasteiger partial charge in [0, 0.05) is 22.1 Å². The maximum atomic E-state index is 12.3. The maximum absolute atomic E-state index is 12.3. The minimum Gasteiger partial charge on any atom is -0.456 e. The smallest absolute Gasteiger partial charge is 0.339 e. The van der Waals surface area contributed by atoms with Crippen molar-refractivity contribution in [2.75, 3.05) is 0 Å². The number of rotatable bonds is 2. The summed E-state index contributed by atoms with van der Waals surface area (Å²) in [6, 6.07) is 0. The molecule has 25 heavy (non-hydrogen) atoms. The summed E-state index contributed by atoms with van der Waals surface area (Å²) in [6.07, 6.45) is 4.59. The third-order valence-corrected chi connectivity index (χ3v) is 6.51. The lowest BCUT2D eigenvalue weighted by atomic mass is 9.53. The quantitative estimate of drug-likeness (QED) is 0.614. The lowest BCUT2D eigenvalue weighted by Crippen LogP contribution is -2.62. The summed E-state index contributed by atoms with van der Waals surface area (Å²) in [4.78, 5) is 24.2. The summed E-state index contributed by atoms with van der Waals surface area (Å²) >= 11 is 0. The SMILES string of the molecule is C/C=C(\C)C(=O)O[C@H]1CC[C@H](C)[C@@]2(C)CC3=C(C)C(=O)OC3=C[C@@]12O. The van der Waals surface area contributed by atoms with Gasteiger partial charge >= 0.3 is 11.9 Å². The van der Waals surface area contributed by atoms with Crippen LogP contribution in [0.5, 0.6) is 0 Å². The highest BCUT2D eigenvalue weighted by atomic mass is 16.6. The standard InChI is InChI=1S/C20H26O5/c1-6-11(2)17(21)25-16-8-7-12(3)19(5)9-14-13(4)18(22)24-15(14)10-20(16,19)23/h6,10,12,16,23H,7-9H2,1-5H3/b11-6+/t12-,16-,19+,20+/m0/s1. The molecule has 1 N–H and O–H groups in total. The fraction of sp³-hybridized carbons (Fsp3) is 0.600. The Bertz CT molecular complexity index is 728. The van der Waals surface area contributed by atoms with E-state index in [-0.39, 0.29) is 11.9 Å². The van der Waals surface area contributed by atoms with Crippen molar-refractivity contribution < 1.29 is 24.2 Å². The molecule has 0 spiro atoms. The van der Waals surface area contributed by atoms with Gasteiger partial charge in [0.05, 0.1) is 0 Å². The van der Waals surface area contributed by atoms with Crippen LogP contribution in [0.25, 0.3) is 0 Å². The predicted molar refractivity (Wildman–Crippen MR) is 92.3 cm³/mol. The minimum atomic E-state index is -1.36. The Morgan fingerprint density at radius 2 is 2.12 bits per heavy atom. The third-order valence-electron chi connectivity index (χ3n) is 6.51. The second-order valence-corrected chi connectivity index (χ2v) is 7.77. The van der Waals surface area contributed by atoms with Gasteiger partial charge in [-0.15, -0.1) is 0 Å². The van der Waals surface area contributed by atoms with Crippen molar-refractivity contribution in [3.8, 4) is 0 Å². The van der Waals surface area contributed by atoms with E-state index in [0.29, 0.717) is 29.7 Å². The molecule has 136 valence electrons. The van der Waals surface area contributed by atoms with Crippen LogP contribution in [-0.4, -0.2) is 28.8 Å². The fourth-order valence-corrected chi connectivity index (χ4v) is 4.21. The van der Waals surface area contributed by atoms with Gasteiger partial charge in [0.1, 0.15) is 17.5 Å². The van der Waals surface area contributed by atoms with Crippen molar-refractivity contribution in [2.45, 2.75) is 65.6 Å². The second-order valence-electron chi connectivity index (χ2n) is 7.77. The molecule has 4 atom stereocenters. The molecule has 2 aliphatic carbocycles.